The fraction of sp³-hybridized carbons (Fsp3) is 0.300. The topological polar surface area (TPSA) is 87.7 Å². The lowest BCUT2D eigenvalue weighted by Gasteiger charge is -2.14. The monoisotopic (exact) mass is 350 g/mol. The largest absolute Gasteiger partial charge is 0.353 e. The number of nitrogens with zero attached hydrogens (tertiary/aromatic N) is 2. The van der Waals surface area contributed by atoms with Crippen LogP contribution in [0.15, 0.2) is 47.4 Å². The number of aromatic nitrogens is 3. The number of H-pyrrole nitrogens is 1. The molecule has 134 valence electrons. The van der Waals surface area contributed by atoms with Crippen LogP contribution in [0.5, 0.6) is 0 Å². The quantitative estimate of drug-likeness (QED) is 0.714. The Bertz CT molecular complexity index is 981. The number of para-hydroxylation sites is 2. The molecular formula is C20H22N4O2. The zero-order valence-electron chi connectivity index (χ0n) is 15.0. The molecule has 0 aliphatic rings. The van der Waals surface area contributed by atoms with Gasteiger partial charge in [0, 0.05) is 37.2 Å². The van der Waals surface area contributed by atoms with E-state index in [-0.39, 0.29) is 23.9 Å². The van der Waals surface area contributed by atoms with Crippen LogP contribution in [0.25, 0.3) is 11.0 Å². The van der Waals surface area contributed by atoms with Gasteiger partial charge in [0.15, 0.2) is 0 Å². The van der Waals surface area contributed by atoms with E-state index in [2.05, 4.69) is 20.3 Å². The molecule has 6 heteroatoms. The standard InChI is InChI=1S/C20H22N4O2/c1-13-6-5-11-21-18(13)12-14(2)22-19(25)10-9-17-20(26)24-16-8-4-3-7-15(16)23-17/h3-8,11,14H,9-10,12H2,1-2H3,(H,22,25)(H,24,26). The molecule has 3 rings (SSSR count). The SMILES string of the molecule is Cc1cccnc1CC(C)NC(=O)CCc1nc2ccccc2[nH]c1=O. The van der Waals surface area contributed by atoms with Crippen molar-refractivity contribution >= 4 is 16.9 Å². The van der Waals surface area contributed by atoms with Gasteiger partial charge in [-0.25, -0.2) is 4.98 Å². The molecule has 0 saturated heterocycles. The van der Waals surface area contributed by atoms with Crippen molar-refractivity contribution in [2.24, 2.45) is 0 Å². The van der Waals surface area contributed by atoms with E-state index < -0.39 is 0 Å². The summed E-state index contributed by atoms with van der Waals surface area (Å²) in [5.74, 6) is -0.0968. The molecule has 2 aromatic heterocycles. The van der Waals surface area contributed by atoms with E-state index in [1.165, 1.54) is 0 Å². The van der Waals surface area contributed by atoms with E-state index in [0.717, 1.165) is 16.8 Å². The number of carbonyl (C=O) groups excluding carboxylic acids is 1. The number of carbonyl (C=O) groups is 1. The highest BCUT2D eigenvalue weighted by atomic mass is 16.1. The van der Waals surface area contributed by atoms with Crippen molar-refractivity contribution in [1.29, 1.82) is 0 Å². The zero-order valence-corrected chi connectivity index (χ0v) is 15.0. The Labute approximate surface area is 151 Å². The second-order valence-corrected chi connectivity index (χ2v) is 6.47. The number of rotatable bonds is 6. The summed E-state index contributed by atoms with van der Waals surface area (Å²) in [6.07, 6.45) is 2.96. The summed E-state index contributed by atoms with van der Waals surface area (Å²) < 4.78 is 0. The normalized spacial score (nSPS) is 12.1. The minimum absolute atomic E-state index is 0.0288. The van der Waals surface area contributed by atoms with E-state index in [0.29, 0.717) is 24.1 Å². The molecule has 1 atom stereocenters. The van der Waals surface area contributed by atoms with Crippen LogP contribution in [-0.4, -0.2) is 26.9 Å². The summed E-state index contributed by atoms with van der Waals surface area (Å²) in [6, 6.07) is 11.2. The van der Waals surface area contributed by atoms with Crippen LogP contribution in [0.1, 0.15) is 30.3 Å². The van der Waals surface area contributed by atoms with Gasteiger partial charge < -0.3 is 10.3 Å². The van der Waals surface area contributed by atoms with Crippen molar-refractivity contribution < 1.29 is 4.79 Å². The lowest BCUT2D eigenvalue weighted by Crippen LogP contribution is -2.35. The molecule has 0 aliphatic heterocycles. The number of benzene rings is 1. The first-order valence-corrected chi connectivity index (χ1v) is 8.70. The molecule has 3 aromatic rings. The fourth-order valence-corrected chi connectivity index (χ4v) is 2.89. The van der Waals surface area contributed by atoms with Crippen LogP contribution in [0, 0.1) is 6.92 Å². The second-order valence-electron chi connectivity index (χ2n) is 6.47. The number of aromatic amines is 1. The molecule has 2 N–H and O–H groups in total. The summed E-state index contributed by atoms with van der Waals surface area (Å²) in [4.78, 5) is 35.8. The molecule has 1 aromatic carbocycles. The van der Waals surface area contributed by atoms with E-state index in [1.807, 2.05) is 50.2 Å². The molecule has 0 aliphatic carbocycles. The number of nitrogens with one attached hydrogen (secondary N) is 2. The lowest BCUT2D eigenvalue weighted by molar-refractivity contribution is -0.121. The minimum atomic E-state index is -0.242. The van der Waals surface area contributed by atoms with Gasteiger partial charge in [-0.15, -0.1) is 0 Å². The number of amides is 1. The van der Waals surface area contributed by atoms with E-state index in [4.69, 9.17) is 0 Å². The molecule has 0 radical (unpaired) electrons. The number of pyridine rings is 1. The molecular weight excluding hydrogens is 328 g/mol. The van der Waals surface area contributed by atoms with Gasteiger partial charge in [-0.1, -0.05) is 18.2 Å². The van der Waals surface area contributed by atoms with Crippen molar-refractivity contribution in [3.8, 4) is 0 Å². The van der Waals surface area contributed by atoms with Crippen LogP contribution in [0.3, 0.4) is 0 Å². The summed E-state index contributed by atoms with van der Waals surface area (Å²) in [5, 5.41) is 2.96. The van der Waals surface area contributed by atoms with Crippen LogP contribution in [0.4, 0.5) is 0 Å². The van der Waals surface area contributed by atoms with Crippen LogP contribution < -0.4 is 10.9 Å². The van der Waals surface area contributed by atoms with Crippen molar-refractivity contribution in [3.05, 3.63) is 69.9 Å². The van der Waals surface area contributed by atoms with Gasteiger partial charge in [0.1, 0.15) is 5.69 Å². The van der Waals surface area contributed by atoms with Crippen molar-refractivity contribution in [2.75, 3.05) is 0 Å². The van der Waals surface area contributed by atoms with Gasteiger partial charge in [0.05, 0.1) is 11.0 Å². The molecule has 2 heterocycles. The zero-order chi connectivity index (χ0) is 18.5. The third-order valence-corrected chi connectivity index (χ3v) is 4.28. The van der Waals surface area contributed by atoms with E-state index in [9.17, 15) is 9.59 Å². The molecule has 1 amide bonds. The van der Waals surface area contributed by atoms with Crippen molar-refractivity contribution in [2.45, 2.75) is 39.2 Å². The highest BCUT2D eigenvalue weighted by Gasteiger charge is 2.12. The molecule has 0 spiro atoms. The predicted molar refractivity (Wildman–Crippen MR) is 101 cm³/mol. The molecule has 0 saturated carbocycles. The van der Waals surface area contributed by atoms with Gasteiger partial charge in [-0.05, 0) is 37.6 Å². The third-order valence-electron chi connectivity index (χ3n) is 4.28. The van der Waals surface area contributed by atoms with Gasteiger partial charge >= 0.3 is 0 Å². The molecule has 26 heavy (non-hydrogen) atoms. The van der Waals surface area contributed by atoms with Crippen molar-refractivity contribution in [1.82, 2.24) is 20.3 Å². The molecule has 0 fully saturated rings. The predicted octanol–water partition coefficient (Wildman–Crippen LogP) is 2.31. The Balaban J connectivity index is 1.58. The fourth-order valence-electron chi connectivity index (χ4n) is 2.89. The smallest absolute Gasteiger partial charge is 0.270 e. The highest BCUT2D eigenvalue weighted by Crippen LogP contribution is 2.08. The Hall–Kier alpha value is -3.02. The molecule has 1 unspecified atom stereocenters. The number of fused-ring (bicyclic) bond motifs is 1. The van der Waals surface area contributed by atoms with Gasteiger partial charge in [0.2, 0.25) is 5.91 Å². The van der Waals surface area contributed by atoms with E-state index >= 15 is 0 Å². The lowest BCUT2D eigenvalue weighted by atomic mass is 10.1. The van der Waals surface area contributed by atoms with Gasteiger partial charge in [-0.2, -0.15) is 0 Å². The Kier molecular flexibility index (Phi) is 5.41. The van der Waals surface area contributed by atoms with Crippen LogP contribution in [0.2, 0.25) is 0 Å². The first-order chi connectivity index (χ1) is 12.5. The Morgan fingerprint density at radius 3 is 2.81 bits per heavy atom. The van der Waals surface area contributed by atoms with Gasteiger partial charge in [0.25, 0.3) is 5.56 Å². The van der Waals surface area contributed by atoms with Crippen LogP contribution in [-0.2, 0) is 17.6 Å². The second kappa shape index (κ2) is 7.91. The summed E-state index contributed by atoms with van der Waals surface area (Å²) in [6.45, 7) is 3.96. The maximum Gasteiger partial charge on any atom is 0.270 e. The molecule has 6 nitrogen and oxygen atoms in total. The maximum atomic E-state index is 12.2. The minimum Gasteiger partial charge on any atom is -0.353 e. The maximum absolute atomic E-state index is 12.2. The third kappa shape index (κ3) is 4.33. The summed E-state index contributed by atoms with van der Waals surface area (Å²) in [7, 11) is 0. The number of hydrogen-bond donors (Lipinski definition) is 2. The number of aryl methyl sites for hydroxylation is 2. The summed E-state index contributed by atoms with van der Waals surface area (Å²) >= 11 is 0. The first-order valence-electron chi connectivity index (χ1n) is 8.70. The Morgan fingerprint density at radius 1 is 1.19 bits per heavy atom. The first kappa shape index (κ1) is 17.8. The van der Waals surface area contributed by atoms with Crippen LogP contribution >= 0.6 is 0 Å². The summed E-state index contributed by atoms with van der Waals surface area (Å²) in [5.41, 5.74) is 3.65. The van der Waals surface area contributed by atoms with Gasteiger partial charge in [-0.3, -0.25) is 14.6 Å². The number of hydrogen-bond acceptors (Lipinski definition) is 4. The van der Waals surface area contributed by atoms with Crippen molar-refractivity contribution in [3.63, 3.8) is 0 Å². The average molecular weight is 350 g/mol. The average Bonchev–Trinajstić information content (AvgIpc) is 2.62. The highest BCUT2D eigenvalue weighted by molar-refractivity contribution is 5.77. The van der Waals surface area contributed by atoms with E-state index in [1.54, 1.807) is 6.20 Å². The Morgan fingerprint density at radius 2 is 2.00 bits per heavy atom. The molecule has 0 bridgehead atoms.